The number of nitrogens with one attached hydrogen (secondary N) is 2. The van der Waals surface area contributed by atoms with Crippen molar-refractivity contribution in [2.75, 3.05) is 13.2 Å². The Labute approximate surface area is 112 Å². The molecule has 19 heavy (non-hydrogen) atoms. The number of aromatic amines is 1. The highest BCUT2D eigenvalue weighted by Gasteiger charge is 2.24. The van der Waals surface area contributed by atoms with Crippen molar-refractivity contribution in [3.8, 4) is 0 Å². The molecule has 2 unspecified atom stereocenters. The van der Waals surface area contributed by atoms with Crippen molar-refractivity contribution < 1.29 is 9.53 Å². The monoisotopic (exact) mass is 258 g/mol. The summed E-state index contributed by atoms with van der Waals surface area (Å²) < 4.78 is 5.37. The number of benzene rings is 1. The van der Waals surface area contributed by atoms with Crippen LogP contribution in [0.2, 0.25) is 0 Å². The summed E-state index contributed by atoms with van der Waals surface area (Å²) >= 11 is 0. The number of H-pyrrole nitrogens is 1. The van der Waals surface area contributed by atoms with E-state index in [0.29, 0.717) is 11.5 Å². The Morgan fingerprint density at radius 2 is 2.37 bits per heavy atom. The first-order valence-corrected chi connectivity index (χ1v) is 6.70. The summed E-state index contributed by atoms with van der Waals surface area (Å²) in [5.41, 5.74) is 1.60. The van der Waals surface area contributed by atoms with E-state index in [-0.39, 0.29) is 11.9 Å². The molecule has 0 aliphatic carbocycles. The van der Waals surface area contributed by atoms with Crippen molar-refractivity contribution in [1.29, 1.82) is 0 Å². The molecule has 0 radical (unpaired) electrons. The standard InChI is InChI=1S/C15H18N2O2/c1-10(12-6-8-19-9-12)17-15(18)13-4-2-3-11-5-7-16-14(11)13/h2-5,7,10,12,16H,6,8-9H2,1H3,(H,17,18). The maximum atomic E-state index is 12.4. The fourth-order valence-electron chi connectivity index (χ4n) is 2.62. The third-order valence-electron chi connectivity index (χ3n) is 3.86. The summed E-state index contributed by atoms with van der Waals surface area (Å²) in [4.78, 5) is 15.5. The minimum absolute atomic E-state index is 0.0209. The number of carbonyl (C=O) groups is 1. The number of para-hydroxylation sites is 1. The summed E-state index contributed by atoms with van der Waals surface area (Å²) in [5.74, 6) is 0.402. The van der Waals surface area contributed by atoms with Gasteiger partial charge in [-0.3, -0.25) is 4.79 Å². The molecule has 4 heteroatoms. The lowest BCUT2D eigenvalue weighted by molar-refractivity contribution is 0.0923. The van der Waals surface area contributed by atoms with Gasteiger partial charge < -0.3 is 15.0 Å². The quantitative estimate of drug-likeness (QED) is 0.887. The maximum Gasteiger partial charge on any atom is 0.253 e. The first-order chi connectivity index (χ1) is 9.25. The van der Waals surface area contributed by atoms with Gasteiger partial charge >= 0.3 is 0 Å². The number of hydrogen-bond acceptors (Lipinski definition) is 2. The normalized spacial score (nSPS) is 20.6. The van der Waals surface area contributed by atoms with Crippen molar-refractivity contribution in [3.05, 3.63) is 36.0 Å². The number of ether oxygens (including phenoxy) is 1. The van der Waals surface area contributed by atoms with E-state index in [1.54, 1.807) is 0 Å². The molecule has 4 nitrogen and oxygen atoms in total. The Balaban J connectivity index is 1.78. The van der Waals surface area contributed by atoms with E-state index in [9.17, 15) is 4.79 Å². The molecule has 2 heterocycles. The van der Waals surface area contributed by atoms with E-state index in [4.69, 9.17) is 4.74 Å². The van der Waals surface area contributed by atoms with Gasteiger partial charge in [-0.25, -0.2) is 0 Å². The van der Waals surface area contributed by atoms with Gasteiger partial charge in [0.25, 0.3) is 5.91 Å². The maximum absolute atomic E-state index is 12.4. The van der Waals surface area contributed by atoms with Crippen molar-refractivity contribution in [1.82, 2.24) is 10.3 Å². The third kappa shape index (κ3) is 2.36. The smallest absolute Gasteiger partial charge is 0.253 e. The number of hydrogen-bond donors (Lipinski definition) is 2. The highest BCUT2D eigenvalue weighted by Crippen LogP contribution is 2.19. The van der Waals surface area contributed by atoms with Gasteiger partial charge in [-0.05, 0) is 25.5 Å². The SMILES string of the molecule is CC(NC(=O)c1cccc2cc[nH]c12)C1CCOC1. The molecule has 0 bridgehead atoms. The largest absolute Gasteiger partial charge is 0.381 e. The van der Waals surface area contributed by atoms with Gasteiger partial charge in [0, 0.05) is 30.1 Å². The zero-order chi connectivity index (χ0) is 13.2. The highest BCUT2D eigenvalue weighted by molar-refractivity contribution is 6.05. The summed E-state index contributed by atoms with van der Waals surface area (Å²) in [6.45, 7) is 3.59. The second kappa shape index (κ2) is 5.05. The Kier molecular flexibility index (Phi) is 3.25. The highest BCUT2D eigenvalue weighted by atomic mass is 16.5. The lowest BCUT2D eigenvalue weighted by Gasteiger charge is -2.19. The molecule has 1 fully saturated rings. The second-order valence-electron chi connectivity index (χ2n) is 5.13. The lowest BCUT2D eigenvalue weighted by atomic mass is 10.00. The summed E-state index contributed by atoms with van der Waals surface area (Å²) in [6, 6.07) is 7.87. The summed E-state index contributed by atoms with van der Waals surface area (Å²) in [5, 5.41) is 4.14. The predicted octanol–water partition coefficient (Wildman–Crippen LogP) is 2.32. The first kappa shape index (κ1) is 12.2. The van der Waals surface area contributed by atoms with Crippen LogP contribution in [0.15, 0.2) is 30.5 Å². The van der Waals surface area contributed by atoms with Gasteiger partial charge in [0.05, 0.1) is 17.7 Å². The van der Waals surface area contributed by atoms with Gasteiger partial charge in [-0.15, -0.1) is 0 Å². The fourth-order valence-corrected chi connectivity index (χ4v) is 2.62. The second-order valence-corrected chi connectivity index (χ2v) is 5.13. The van der Waals surface area contributed by atoms with Crippen LogP contribution >= 0.6 is 0 Å². The molecule has 1 saturated heterocycles. The number of carbonyl (C=O) groups excluding carboxylic acids is 1. The van der Waals surface area contributed by atoms with E-state index in [2.05, 4.69) is 10.3 Å². The molecule has 2 N–H and O–H groups in total. The Bertz CT molecular complexity index is 585. The van der Waals surface area contributed by atoms with Crippen LogP contribution in [0.25, 0.3) is 10.9 Å². The molecular weight excluding hydrogens is 240 g/mol. The van der Waals surface area contributed by atoms with Crippen LogP contribution in [-0.4, -0.2) is 30.1 Å². The Hall–Kier alpha value is -1.81. The van der Waals surface area contributed by atoms with Crippen LogP contribution in [0.1, 0.15) is 23.7 Å². The van der Waals surface area contributed by atoms with Gasteiger partial charge in [-0.1, -0.05) is 12.1 Å². The number of amides is 1. The molecule has 1 amide bonds. The lowest BCUT2D eigenvalue weighted by Crippen LogP contribution is -2.38. The Morgan fingerprint density at radius 1 is 1.47 bits per heavy atom. The number of rotatable bonds is 3. The van der Waals surface area contributed by atoms with Crippen LogP contribution in [-0.2, 0) is 4.74 Å². The van der Waals surface area contributed by atoms with Gasteiger partial charge in [0.15, 0.2) is 0 Å². The van der Waals surface area contributed by atoms with Crippen LogP contribution in [0.4, 0.5) is 0 Å². The van der Waals surface area contributed by atoms with Crippen LogP contribution < -0.4 is 5.32 Å². The molecule has 3 rings (SSSR count). The van der Waals surface area contributed by atoms with Crippen molar-refractivity contribution in [2.45, 2.75) is 19.4 Å². The van der Waals surface area contributed by atoms with Crippen LogP contribution in [0, 0.1) is 5.92 Å². The van der Waals surface area contributed by atoms with Crippen LogP contribution in [0.5, 0.6) is 0 Å². The molecule has 2 atom stereocenters. The minimum Gasteiger partial charge on any atom is -0.381 e. The van der Waals surface area contributed by atoms with E-state index in [0.717, 1.165) is 30.5 Å². The first-order valence-electron chi connectivity index (χ1n) is 6.70. The zero-order valence-corrected chi connectivity index (χ0v) is 11.0. The summed E-state index contributed by atoms with van der Waals surface area (Å²) in [6.07, 6.45) is 2.88. The molecule has 1 aromatic carbocycles. The number of aromatic nitrogens is 1. The fraction of sp³-hybridized carbons (Fsp3) is 0.400. The van der Waals surface area contributed by atoms with Crippen molar-refractivity contribution >= 4 is 16.8 Å². The van der Waals surface area contributed by atoms with Crippen molar-refractivity contribution in [3.63, 3.8) is 0 Å². The van der Waals surface area contributed by atoms with E-state index >= 15 is 0 Å². The van der Waals surface area contributed by atoms with Gasteiger partial charge in [0.1, 0.15) is 0 Å². The van der Waals surface area contributed by atoms with E-state index in [1.165, 1.54) is 0 Å². The van der Waals surface area contributed by atoms with E-state index < -0.39 is 0 Å². The molecule has 0 spiro atoms. The molecule has 1 aliphatic heterocycles. The summed E-state index contributed by atoms with van der Waals surface area (Å²) in [7, 11) is 0. The molecule has 1 aliphatic rings. The topological polar surface area (TPSA) is 54.1 Å². The number of fused-ring (bicyclic) bond motifs is 1. The molecule has 2 aromatic rings. The Morgan fingerprint density at radius 3 is 3.16 bits per heavy atom. The average molecular weight is 258 g/mol. The average Bonchev–Trinajstić information content (AvgIpc) is 3.08. The molecular formula is C15H18N2O2. The van der Waals surface area contributed by atoms with Gasteiger partial charge in [-0.2, -0.15) is 0 Å². The molecule has 1 aromatic heterocycles. The predicted molar refractivity (Wildman–Crippen MR) is 74.2 cm³/mol. The third-order valence-corrected chi connectivity index (χ3v) is 3.86. The van der Waals surface area contributed by atoms with Crippen molar-refractivity contribution in [2.24, 2.45) is 5.92 Å². The minimum atomic E-state index is -0.0209. The van der Waals surface area contributed by atoms with Crippen LogP contribution in [0.3, 0.4) is 0 Å². The zero-order valence-electron chi connectivity index (χ0n) is 11.0. The van der Waals surface area contributed by atoms with E-state index in [1.807, 2.05) is 37.4 Å². The molecule has 0 saturated carbocycles. The molecule has 100 valence electrons. The van der Waals surface area contributed by atoms with Gasteiger partial charge in [0.2, 0.25) is 0 Å².